The Morgan fingerprint density at radius 2 is 2.24 bits per heavy atom. The molecule has 2 aromatic heterocycles. The minimum atomic E-state index is -0.0646. The average Bonchev–Trinajstić information content (AvgIpc) is 2.55. The van der Waals surface area contributed by atoms with Gasteiger partial charge in [0.15, 0.2) is 5.65 Å². The summed E-state index contributed by atoms with van der Waals surface area (Å²) in [5, 5.41) is 2.87. The zero-order valence-corrected chi connectivity index (χ0v) is 11.4. The molecule has 0 radical (unpaired) electrons. The molecule has 0 unspecified atom stereocenters. The number of fused-ring (bicyclic) bond motifs is 1. The van der Waals surface area contributed by atoms with Crippen molar-refractivity contribution in [3.05, 3.63) is 22.7 Å². The van der Waals surface area contributed by atoms with Gasteiger partial charge in [-0.15, -0.1) is 0 Å². The number of imidazole rings is 1. The fourth-order valence-electron chi connectivity index (χ4n) is 1.46. The van der Waals surface area contributed by atoms with Gasteiger partial charge in [-0.3, -0.25) is 9.20 Å². The van der Waals surface area contributed by atoms with E-state index in [1.165, 1.54) is 0 Å². The third-order valence-corrected chi connectivity index (χ3v) is 2.83. The summed E-state index contributed by atoms with van der Waals surface area (Å²) >= 11 is 3.30. The lowest BCUT2D eigenvalue weighted by Crippen LogP contribution is -2.19. The van der Waals surface area contributed by atoms with E-state index in [0.29, 0.717) is 16.1 Å². The van der Waals surface area contributed by atoms with Crippen molar-refractivity contribution in [3.8, 4) is 0 Å². The standard InChI is InChI=1S/C11H13BrN4O/c1-6(2)11(17)15-10-7(3)14-9-4-13-8(12)5-16(9)10/h4-6H,1-3H3,(H,15,17). The first-order valence-corrected chi connectivity index (χ1v) is 6.09. The maximum atomic E-state index is 11.7. The Morgan fingerprint density at radius 1 is 1.53 bits per heavy atom. The van der Waals surface area contributed by atoms with E-state index in [1.54, 1.807) is 12.4 Å². The van der Waals surface area contributed by atoms with Crippen LogP contribution in [0.4, 0.5) is 5.82 Å². The number of halogens is 1. The van der Waals surface area contributed by atoms with Crippen molar-refractivity contribution in [1.82, 2.24) is 14.4 Å². The van der Waals surface area contributed by atoms with E-state index in [1.807, 2.05) is 25.2 Å². The fourth-order valence-corrected chi connectivity index (χ4v) is 1.77. The average molecular weight is 297 g/mol. The first kappa shape index (κ1) is 12.0. The SMILES string of the molecule is Cc1nc2cnc(Br)cn2c1NC(=O)C(C)C. The molecule has 0 atom stereocenters. The van der Waals surface area contributed by atoms with Crippen LogP contribution in [0.5, 0.6) is 0 Å². The Morgan fingerprint density at radius 3 is 2.88 bits per heavy atom. The number of nitrogens with one attached hydrogen (secondary N) is 1. The van der Waals surface area contributed by atoms with Crippen LogP contribution in [0, 0.1) is 12.8 Å². The molecule has 0 aromatic carbocycles. The van der Waals surface area contributed by atoms with Gasteiger partial charge in [-0.2, -0.15) is 0 Å². The Hall–Kier alpha value is -1.43. The molecule has 90 valence electrons. The Labute approximate surface area is 107 Å². The third-order valence-electron chi connectivity index (χ3n) is 2.42. The highest BCUT2D eigenvalue weighted by Gasteiger charge is 2.14. The van der Waals surface area contributed by atoms with Gasteiger partial charge < -0.3 is 5.32 Å². The Balaban J connectivity index is 2.48. The van der Waals surface area contributed by atoms with E-state index in [-0.39, 0.29) is 11.8 Å². The molecule has 2 aromatic rings. The quantitative estimate of drug-likeness (QED) is 0.926. The number of amides is 1. The van der Waals surface area contributed by atoms with Crippen molar-refractivity contribution in [2.75, 3.05) is 5.32 Å². The summed E-state index contributed by atoms with van der Waals surface area (Å²) in [4.78, 5) is 20.1. The first-order valence-electron chi connectivity index (χ1n) is 5.30. The van der Waals surface area contributed by atoms with Crippen molar-refractivity contribution >= 4 is 33.3 Å². The predicted octanol–water partition coefficient (Wildman–Crippen LogP) is 2.39. The molecule has 0 saturated carbocycles. The second-order valence-corrected chi connectivity index (χ2v) is 4.94. The molecule has 1 N–H and O–H groups in total. The van der Waals surface area contributed by atoms with E-state index >= 15 is 0 Å². The highest BCUT2D eigenvalue weighted by molar-refractivity contribution is 9.10. The van der Waals surface area contributed by atoms with Crippen molar-refractivity contribution in [3.63, 3.8) is 0 Å². The van der Waals surface area contributed by atoms with Crippen molar-refractivity contribution in [1.29, 1.82) is 0 Å². The zero-order chi connectivity index (χ0) is 12.6. The summed E-state index contributed by atoms with van der Waals surface area (Å²) in [6.45, 7) is 5.56. The van der Waals surface area contributed by atoms with Gasteiger partial charge in [0.1, 0.15) is 10.4 Å². The lowest BCUT2D eigenvalue weighted by atomic mass is 10.2. The monoisotopic (exact) mass is 296 g/mol. The van der Waals surface area contributed by atoms with Crippen LogP contribution in [0.1, 0.15) is 19.5 Å². The van der Waals surface area contributed by atoms with Gasteiger partial charge in [-0.25, -0.2) is 9.97 Å². The molecular weight excluding hydrogens is 284 g/mol. The molecule has 1 amide bonds. The van der Waals surface area contributed by atoms with Gasteiger partial charge in [0.2, 0.25) is 5.91 Å². The molecule has 0 aliphatic carbocycles. The third kappa shape index (κ3) is 2.31. The van der Waals surface area contributed by atoms with Crippen LogP contribution in [-0.4, -0.2) is 20.3 Å². The van der Waals surface area contributed by atoms with E-state index in [4.69, 9.17) is 0 Å². The van der Waals surface area contributed by atoms with Crippen LogP contribution in [0.15, 0.2) is 17.0 Å². The van der Waals surface area contributed by atoms with E-state index in [9.17, 15) is 4.79 Å². The number of aromatic nitrogens is 3. The number of hydrogen-bond donors (Lipinski definition) is 1. The van der Waals surface area contributed by atoms with E-state index < -0.39 is 0 Å². The molecule has 0 aliphatic heterocycles. The summed E-state index contributed by atoms with van der Waals surface area (Å²) in [6.07, 6.45) is 3.44. The molecule has 0 bridgehead atoms. The van der Waals surface area contributed by atoms with Gasteiger partial charge >= 0.3 is 0 Å². The highest BCUT2D eigenvalue weighted by Crippen LogP contribution is 2.19. The number of carbonyl (C=O) groups is 1. The molecule has 17 heavy (non-hydrogen) atoms. The van der Waals surface area contributed by atoms with Gasteiger partial charge in [0, 0.05) is 12.1 Å². The number of rotatable bonds is 2. The molecule has 2 heterocycles. The van der Waals surface area contributed by atoms with E-state index in [2.05, 4.69) is 31.2 Å². The number of carbonyl (C=O) groups excluding carboxylic acids is 1. The summed E-state index contributed by atoms with van der Waals surface area (Å²) in [6, 6.07) is 0. The maximum absolute atomic E-state index is 11.7. The van der Waals surface area contributed by atoms with Crippen molar-refractivity contribution < 1.29 is 4.79 Å². The van der Waals surface area contributed by atoms with Crippen molar-refractivity contribution in [2.24, 2.45) is 5.92 Å². The van der Waals surface area contributed by atoms with Crippen LogP contribution in [0.25, 0.3) is 5.65 Å². The maximum Gasteiger partial charge on any atom is 0.228 e. The zero-order valence-electron chi connectivity index (χ0n) is 9.86. The largest absolute Gasteiger partial charge is 0.310 e. The number of hydrogen-bond acceptors (Lipinski definition) is 3. The minimum Gasteiger partial charge on any atom is -0.310 e. The number of anilines is 1. The van der Waals surface area contributed by atoms with Crippen LogP contribution in [0.3, 0.4) is 0 Å². The van der Waals surface area contributed by atoms with Gasteiger partial charge in [0.25, 0.3) is 0 Å². The van der Waals surface area contributed by atoms with Crippen LogP contribution in [-0.2, 0) is 4.79 Å². The van der Waals surface area contributed by atoms with E-state index in [0.717, 1.165) is 5.69 Å². The molecule has 0 aliphatic rings. The fraction of sp³-hybridized carbons (Fsp3) is 0.364. The van der Waals surface area contributed by atoms with Gasteiger partial charge in [-0.05, 0) is 22.9 Å². The number of aryl methyl sites for hydroxylation is 1. The number of nitrogens with zero attached hydrogens (tertiary/aromatic N) is 3. The second-order valence-electron chi connectivity index (χ2n) is 4.13. The predicted molar refractivity (Wildman–Crippen MR) is 68.9 cm³/mol. The molecule has 2 rings (SSSR count). The van der Waals surface area contributed by atoms with Gasteiger partial charge in [-0.1, -0.05) is 13.8 Å². The first-order chi connectivity index (χ1) is 7.99. The minimum absolute atomic E-state index is 0.0252. The molecule has 0 saturated heterocycles. The Kier molecular flexibility index (Phi) is 3.15. The highest BCUT2D eigenvalue weighted by atomic mass is 79.9. The molecule has 6 heteroatoms. The summed E-state index contributed by atoms with van der Waals surface area (Å²) in [5.41, 5.74) is 1.49. The Bertz CT molecular complexity index is 576. The van der Waals surface area contributed by atoms with Crippen LogP contribution >= 0.6 is 15.9 Å². The summed E-state index contributed by atoms with van der Waals surface area (Å²) < 4.78 is 2.51. The van der Waals surface area contributed by atoms with Crippen LogP contribution in [0.2, 0.25) is 0 Å². The summed E-state index contributed by atoms with van der Waals surface area (Å²) in [5.74, 6) is 0.606. The smallest absolute Gasteiger partial charge is 0.228 e. The molecule has 0 fully saturated rings. The van der Waals surface area contributed by atoms with Crippen molar-refractivity contribution in [2.45, 2.75) is 20.8 Å². The normalized spacial score (nSPS) is 11.1. The van der Waals surface area contributed by atoms with Gasteiger partial charge in [0.05, 0.1) is 11.9 Å². The molecule has 5 nitrogen and oxygen atoms in total. The topological polar surface area (TPSA) is 59.3 Å². The lowest BCUT2D eigenvalue weighted by Gasteiger charge is -2.08. The second kappa shape index (κ2) is 4.44. The molecular formula is C11H13BrN4O. The van der Waals surface area contributed by atoms with Crippen LogP contribution < -0.4 is 5.32 Å². The summed E-state index contributed by atoms with van der Waals surface area (Å²) in [7, 11) is 0. The lowest BCUT2D eigenvalue weighted by molar-refractivity contribution is -0.118. The molecule has 0 spiro atoms.